The molecule has 0 aliphatic rings. The van der Waals surface area contributed by atoms with E-state index in [-0.39, 0.29) is 11.7 Å². The molecule has 21 heavy (non-hydrogen) atoms. The zero-order chi connectivity index (χ0) is 15.2. The van der Waals surface area contributed by atoms with Gasteiger partial charge in [-0.3, -0.25) is 4.79 Å². The van der Waals surface area contributed by atoms with Crippen molar-refractivity contribution in [2.45, 2.75) is 0 Å². The molecule has 0 fully saturated rings. The Labute approximate surface area is 123 Å². The summed E-state index contributed by atoms with van der Waals surface area (Å²) in [5.41, 5.74) is 6.04. The van der Waals surface area contributed by atoms with Crippen LogP contribution in [0, 0.1) is 5.82 Å². The molecule has 0 bridgehead atoms. The first-order valence-electron chi connectivity index (χ1n) is 6.84. The molecular weight excluding hydrogens is 271 g/mol. The SMILES string of the molecule is COCCN(CCN)C(=O)c1ccc(F)c2ccccc12. The first-order chi connectivity index (χ1) is 10.2. The van der Waals surface area contributed by atoms with Crippen LogP contribution >= 0.6 is 0 Å². The van der Waals surface area contributed by atoms with Crippen LogP contribution in [0.25, 0.3) is 10.8 Å². The minimum atomic E-state index is -0.329. The second-order valence-electron chi connectivity index (χ2n) is 4.71. The van der Waals surface area contributed by atoms with Crippen molar-refractivity contribution in [2.24, 2.45) is 5.73 Å². The number of ether oxygens (including phenoxy) is 1. The average molecular weight is 290 g/mol. The van der Waals surface area contributed by atoms with Gasteiger partial charge >= 0.3 is 0 Å². The first-order valence-corrected chi connectivity index (χ1v) is 6.84. The van der Waals surface area contributed by atoms with Crippen molar-refractivity contribution in [1.82, 2.24) is 4.90 Å². The predicted octanol–water partition coefficient (Wildman–Crippen LogP) is 2.03. The molecule has 0 unspecified atom stereocenters. The second-order valence-corrected chi connectivity index (χ2v) is 4.71. The molecule has 1 amide bonds. The Morgan fingerprint density at radius 3 is 2.57 bits per heavy atom. The highest BCUT2D eigenvalue weighted by atomic mass is 19.1. The van der Waals surface area contributed by atoms with E-state index >= 15 is 0 Å². The normalized spacial score (nSPS) is 10.8. The summed E-state index contributed by atoms with van der Waals surface area (Å²) in [5.74, 6) is -0.488. The number of hydrogen-bond donors (Lipinski definition) is 1. The number of hydrogen-bond acceptors (Lipinski definition) is 3. The van der Waals surface area contributed by atoms with Crippen LogP contribution in [-0.2, 0) is 4.74 Å². The summed E-state index contributed by atoms with van der Waals surface area (Å²) in [4.78, 5) is 14.3. The Bertz CT molecular complexity index is 631. The number of halogens is 1. The van der Waals surface area contributed by atoms with Crippen molar-refractivity contribution >= 4 is 16.7 Å². The number of rotatable bonds is 6. The molecular formula is C16H19FN2O2. The van der Waals surface area contributed by atoms with Crippen molar-refractivity contribution < 1.29 is 13.9 Å². The molecule has 2 N–H and O–H groups in total. The van der Waals surface area contributed by atoms with Crippen LogP contribution in [0.2, 0.25) is 0 Å². The van der Waals surface area contributed by atoms with Crippen LogP contribution in [0.15, 0.2) is 36.4 Å². The maximum Gasteiger partial charge on any atom is 0.254 e. The summed E-state index contributed by atoms with van der Waals surface area (Å²) in [6.45, 7) is 1.70. The van der Waals surface area contributed by atoms with Gasteiger partial charge in [-0.2, -0.15) is 0 Å². The highest BCUT2D eigenvalue weighted by molar-refractivity contribution is 6.07. The summed E-state index contributed by atoms with van der Waals surface area (Å²) < 4.78 is 18.8. The van der Waals surface area contributed by atoms with Gasteiger partial charge in [0.25, 0.3) is 5.91 Å². The number of carbonyl (C=O) groups is 1. The van der Waals surface area contributed by atoms with Crippen molar-refractivity contribution in [3.05, 3.63) is 47.8 Å². The molecule has 0 saturated heterocycles. The highest BCUT2D eigenvalue weighted by Gasteiger charge is 2.18. The summed E-state index contributed by atoms with van der Waals surface area (Å²) in [5, 5.41) is 1.06. The molecule has 2 rings (SSSR count). The molecule has 0 aliphatic carbocycles. The maximum absolute atomic E-state index is 13.8. The Balaban J connectivity index is 2.39. The molecule has 0 saturated carbocycles. The van der Waals surface area contributed by atoms with Crippen LogP contribution in [0.3, 0.4) is 0 Å². The largest absolute Gasteiger partial charge is 0.383 e. The molecule has 2 aromatic rings. The van der Waals surface area contributed by atoms with Gasteiger partial charge < -0.3 is 15.4 Å². The van der Waals surface area contributed by atoms with Gasteiger partial charge in [-0.1, -0.05) is 24.3 Å². The number of methoxy groups -OCH3 is 1. The number of fused-ring (bicyclic) bond motifs is 1. The quantitative estimate of drug-likeness (QED) is 0.885. The summed E-state index contributed by atoms with van der Waals surface area (Å²) >= 11 is 0. The lowest BCUT2D eigenvalue weighted by Gasteiger charge is -2.22. The topological polar surface area (TPSA) is 55.6 Å². The van der Waals surface area contributed by atoms with E-state index in [1.165, 1.54) is 12.1 Å². The van der Waals surface area contributed by atoms with E-state index in [4.69, 9.17) is 10.5 Å². The van der Waals surface area contributed by atoms with Crippen LogP contribution in [0.4, 0.5) is 4.39 Å². The van der Waals surface area contributed by atoms with E-state index in [1.54, 1.807) is 36.3 Å². The summed E-state index contributed by atoms with van der Waals surface area (Å²) in [6.07, 6.45) is 0. The Hall–Kier alpha value is -1.98. The molecule has 0 spiro atoms. The van der Waals surface area contributed by atoms with Crippen LogP contribution < -0.4 is 5.73 Å². The van der Waals surface area contributed by atoms with Crippen molar-refractivity contribution in [2.75, 3.05) is 33.4 Å². The Morgan fingerprint density at radius 1 is 1.19 bits per heavy atom. The first kappa shape index (κ1) is 15.4. The number of nitrogens with two attached hydrogens (primary N) is 1. The van der Waals surface area contributed by atoms with E-state index in [1.807, 2.05) is 0 Å². The van der Waals surface area contributed by atoms with E-state index in [9.17, 15) is 9.18 Å². The number of carbonyl (C=O) groups excluding carboxylic acids is 1. The zero-order valence-electron chi connectivity index (χ0n) is 12.0. The van der Waals surface area contributed by atoms with Crippen LogP contribution in [0.1, 0.15) is 10.4 Å². The molecule has 112 valence electrons. The van der Waals surface area contributed by atoms with Crippen LogP contribution in [0.5, 0.6) is 0 Å². The van der Waals surface area contributed by atoms with Gasteiger partial charge in [0.2, 0.25) is 0 Å². The lowest BCUT2D eigenvalue weighted by Crippen LogP contribution is -2.37. The van der Waals surface area contributed by atoms with Gasteiger partial charge in [0.05, 0.1) is 6.61 Å². The van der Waals surface area contributed by atoms with Gasteiger partial charge in [0.1, 0.15) is 5.82 Å². The average Bonchev–Trinajstić information content (AvgIpc) is 2.51. The fourth-order valence-corrected chi connectivity index (χ4v) is 2.29. The third-order valence-electron chi connectivity index (χ3n) is 3.35. The highest BCUT2D eigenvalue weighted by Crippen LogP contribution is 2.23. The fourth-order valence-electron chi connectivity index (χ4n) is 2.29. The van der Waals surface area contributed by atoms with Gasteiger partial charge in [0.15, 0.2) is 0 Å². The Kier molecular flexibility index (Phi) is 5.25. The number of nitrogens with zero attached hydrogens (tertiary/aromatic N) is 1. The number of amides is 1. The summed E-state index contributed by atoms with van der Waals surface area (Å²) in [7, 11) is 1.58. The molecule has 0 atom stereocenters. The predicted molar refractivity (Wildman–Crippen MR) is 80.7 cm³/mol. The lowest BCUT2D eigenvalue weighted by atomic mass is 10.0. The fraction of sp³-hybridized carbons (Fsp3) is 0.312. The molecule has 2 aromatic carbocycles. The zero-order valence-corrected chi connectivity index (χ0v) is 12.0. The van der Waals surface area contributed by atoms with Gasteiger partial charge in [-0.05, 0) is 17.5 Å². The Morgan fingerprint density at radius 2 is 1.90 bits per heavy atom. The van der Waals surface area contributed by atoms with Gasteiger partial charge in [-0.15, -0.1) is 0 Å². The van der Waals surface area contributed by atoms with Gasteiger partial charge in [0, 0.05) is 37.7 Å². The molecule has 0 heterocycles. The van der Waals surface area contributed by atoms with E-state index in [0.717, 1.165) is 0 Å². The van der Waals surface area contributed by atoms with Crippen molar-refractivity contribution in [1.29, 1.82) is 0 Å². The third-order valence-corrected chi connectivity index (χ3v) is 3.35. The minimum Gasteiger partial charge on any atom is -0.383 e. The molecule has 0 radical (unpaired) electrons. The maximum atomic E-state index is 13.8. The minimum absolute atomic E-state index is 0.159. The van der Waals surface area contributed by atoms with Crippen molar-refractivity contribution in [3.8, 4) is 0 Å². The molecule has 5 heteroatoms. The van der Waals surface area contributed by atoms with Crippen molar-refractivity contribution in [3.63, 3.8) is 0 Å². The smallest absolute Gasteiger partial charge is 0.254 e. The molecule has 4 nitrogen and oxygen atoms in total. The summed E-state index contributed by atoms with van der Waals surface area (Å²) in [6, 6.07) is 9.82. The van der Waals surface area contributed by atoms with E-state index in [0.29, 0.717) is 42.6 Å². The van der Waals surface area contributed by atoms with Crippen LogP contribution in [-0.4, -0.2) is 44.2 Å². The lowest BCUT2D eigenvalue weighted by molar-refractivity contribution is 0.0703. The third kappa shape index (κ3) is 3.37. The second kappa shape index (κ2) is 7.15. The number of benzene rings is 2. The van der Waals surface area contributed by atoms with E-state index < -0.39 is 0 Å². The standard InChI is InChI=1S/C16H19FN2O2/c1-21-11-10-19(9-8-18)16(20)14-6-7-15(17)13-5-3-2-4-12(13)14/h2-7H,8-11,18H2,1H3. The van der Waals surface area contributed by atoms with Gasteiger partial charge in [-0.25, -0.2) is 4.39 Å². The molecule has 0 aliphatic heterocycles. The molecule has 0 aromatic heterocycles. The van der Waals surface area contributed by atoms with E-state index in [2.05, 4.69) is 0 Å². The monoisotopic (exact) mass is 290 g/mol.